The molecule has 1 aromatic carbocycles. The lowest BCUT2D eigenvalue weighted by Crippen LogP contribution is -2.37. The molecule has 27 heavy (non-hydrogen) atoms. The van der Waals surface area contributed by atoms with Crippen molar-refractivity contribution in [1.29, 1.82) is 5.26 Å². The van der Waals surface area contributed by atoms with Crippen molar-refractivity contribution in [3.63, 3.8) is 0 Å². The third-order valence-corrected chi connectivity index (χ3v) is 5.30. The van der Waals surface area contributed by atoms with Crippen LogP contribution in [0.4, 0.5) is 11.5 Å². The van der Waals surface area contributed by atoms with Crippen molar-refractivity contribution in [2.24, 2.45) is 0 Å². The molecular formula is C20H24BrN5O. The Hall–Kier alpha value is -2.17. The molecule has 7 heteroatoms. The number of ether oxygens (including phenoxy) is 1. The lowest BCUT2D eigenvalue weighted by atomic mass is 10.0. The fraction of sp³-hybridized carbons (Fsp3) is 0.450. The van der Waals surface area contributed by atoms with E-state index in [0.717, 1.165) is 60.4 Å². The van der Waals surface area contributed by atoms with E-state index < -0.39 is 0 Å². The number of aromatic nitrogens is 2. The highest BCUT2D eigenvalue weighted by Crippen LogP contribution is 2.27. The molecule has 0 spiro atoms. The smallest absolute Gasteiger partial charge is 0.167 e. The van der Waals surface area contributed by atoms with Crippen LogP contribution in [0.25, 0.3) is 0 Å². The molecule has 2 aromatic rings. The van der Waals surface area contributed by atoms with Gasteiger partial charge in [0.1, 0.15) is 11.6 Å². The Kier molecular flexibility index (Phi) is 6.64. The summed E-state index contributed by atoms with van der Waals surface area (Å²) in [6.07, 6.45) is 1.55. The van der Waals surface area contributed by atoms with Crippen molar-refractivity contribution in [2.75, 3.05) is 36.5 Å². The van der Waals surface area contributed by atoms with Gasteiger partial charge < -0.3 is 15.0 Å². The maximum absolute atomic E-state index is 9.66. The SMILES string of the molecule is CCc1nnc(NCc2ccc(Br)cc2N2CCOCC2)c(C#N)c1CC. The minimum atomic E-state index is 0.558. The van der Waals surface area contributed by atoms with Crippen LogP contribution in [0.5, 0.6) is 0 Å². The monoisotopic (exact) mass is 429 g/mol. The highest BCUT2D eigenvalue weighted by atomic mass is 79.9. The predicted molar refractivity (Wildman–Crippen MR) is 110 cm³/mol. The average molecular weight is 430 g/mol. The Bertz CT molecular complexity index is 843. The number of anilines is 2. The van der Waals surface area contributed by atoms with Gasteiger partial charge in [-0.1, -0.05) is 35.8 Å². The largest absolute Gasteiger partial charge is 0.378 e. The van der Waals surface area contributed by atoms with Crippen LogP contribution in [0.2, 0.25) is 0 Å². The number of hydrogen-bond acceptors (Lipinski definition) is 6. The van der Waals surface area contributed by atoms with Crippen LogP contribution in [0.1, 0.15) is 36.2 Å². The summed E-state index contributed by atoms with van der Waals surface area (Å²) in [7, 11) is 0. The third kappa shape index (κ3) is 4.40. The molecule has 1 aliphatic rings. The van der Waals surface area contributed by atoms with Crippen molar-refractivity contribution in [2.45, 2.75) is 33.2 Å². The number of nitriles is 1. The number of nitrogens with one attached hydrogen (secondary N) is 1. The van der Waals surface area contributed by atoms with Crippen molar-refractivity contribution in [1.82, 2.24) is 10.2 Å². The molecule has 2 heterocycles. The quantitative estimate of drug-likeness (QED) is 0.754. The average Bonchev–Trinajstić information content (AvgIpc) is 2.72. The number of benzene rings is 1. The molecule has 0 amide bonds. The van der Waals surface area contributed by atoms with Crippen LogP contribution < -0.4 is 10.2 Å². The minimum Gasteiger partial charge on any atom is -0.378 e. The molecule has 3 rings (SSSR count). The first-order valence-electron chi connectivity index (χ1n) is 9.31. The van der Waals surface area contributed by atoms with E-state index in [1.54, 1.807) is 0 Å². The summed E-state index contributed by atoms with van der Waals surface area (Å²) < 4.78 is 6.52. The van der Waals surface area contributed by atoms with E-state index in [2.05, 4.69) is 54.5 Å². The van der Waals surface area contributed by atoms with E-state index in [1.807, 2.05) is 19.9 Å². The Balaban J connectivity index is 1.86. The number of nitrogens with zero attached hydrogens (tertiary/aromatic N) is 4. The summed E-state index contributed by atoms with van der Waals surface area (Å²) in [4.78, 5) is 2.33. The third-order valence-electron chi connectivity index (χ3n) is 4.80. The van der Waals surface area contributed by atoms with Gasteiger partial charge in [-0.2, -0.15) is 10.4 Å². The van der Waals surface area contributed by atoms with Crippen molar-refractivity contribution in [3.8, 4) is 6.07 Å². The topological polar surface area (TPSA) is 74.1 Å². The van der Waals surface area contributed by atoms with Crippen LogP contribution in [0, 0.1) is 11.3 Å². The van der Waals surface area contributed by atoms with Crippen molar-refractivity contribution in [3.05, 3.63) is 45.1 Å². The van der Waals surface area contributed by atoms with Gasteiger partial charge in [-0.25, -0.2) is 0 Å². The zero-order valence-electron chi connectivity index (χ0n) is 15.8. The standard InChI is InChI=1S/C20H24BrN5O/c1-3-16-17(12-22)20(25-24-18(16)4-2)23-13-14-5-6-15(21)11-19(14)26-7-9-27-10-8-26/h5-6,11H,3-4,7-10,13H2,1-2H3,(H,23,25). The van der Waals surface area contributed by atoms with Crippen LogP contribution in [-0.2, 0) is 24.1 Å². The zero-order valence-corrected chi connectivity index (χ0v) is 17.3. The minimum absolute atomic E-state index is 0.558. The molecule has 0 unspecified atom stereocenters. The second-order valence-corrected chi connectivity index (χ2v) is 7.31. The number of aryl methyl sites for hydroxylation is 1. The fourth-order valence-electron chi connectivity index (χ4n) is 3.38. The normalized spacial score (nSPS) is 14.1. The second kappa shape index (κ2) is 9.16. The molecule has 1 aromatic heterocycles. The van der Waals surface area contributed by atoms with Gasteiger partial charge in [0.15, 0.2) is 5.82 Å². The molecule has 0 radical (unpaired) electrons. The van der Waals surface area contributed by atoms with Crippen molar-refractivity contribution >= 4 is 27.4 Å². The lowest BCUT2D eigenvalue weighted by Gasteiger charge is -2.31. The molecule has 1 N–H and O–H groups in total. The van der Waals surface area contributed by atoms with Crippen LogP contribution in [-0.4, -0.2) is 36.5 Å². The summed E-state index contributed by atoms with van der Waals surface area (Å²) in [6.45, 7) is 7.89. The Morgan fingerprint density at radius 1 is 1.22 bits per heavy atom. The number of rotatable bonds is 6. The number of hydrogen-bond donors (Lipinski definition) is 1. The molecule has 0 aliphatic carbocycles. The van der Waals surface area contributed by atoms with Crippen LogP contribution in [0.3, 0.4) is 0 Å². The Morgan fingerprint density at radius 2 is 2.00 bits per heavy atom. The highest BCUT2D eigenvalue weighted by molar-refractivity contribution is 9.10. The summed E-state index contributed by atoms with van der Waals surface area (Å²) in [6, 6.07) is 8.59. The molecule has 1 fully saturated rings. The summed E-state index contributed by atoms with van der Waals surface area (Å²) in [5.41, 5.74) is 4.82. The van der Waals surface area contributed by atoms with Gasteiger partial charge >= 0.3 is 0 Å². The number of halogens is 1. The molecule has 1 saturated heterocycles. The van der Waals surface area contributed by atoms with Crippen LogP contribution >= 0.6 is 15.9 Å². The van der Waals surface area contributed by atoms with Gasteiger partial charge in [-0.05, 0) is 36.1 Å². The lowest BCUT2D eigenvalue weighted by molar-refractivity contribution is 0.122. The van der Waals surface area contributed by atoms with Gasteiger partial charge in [-0.3, -0.25) is 0 Å². The summed E-state index contributed by atoms with van der Waals surface area (Å²) in [5, 5.41) is 21.6. The van der Waals surface area contributed by atoms with Gasteiger partial charge in [0.2, 0.25) is 0 Å². The molecule has 142 valence electrons. The van der Waals surface area contributed by atoms with Crippen LogP contribution in [0.15, 0.2) is 22.7 Å². The van der Waals surface area contributed by atoms with E-state index in [4.69, 9.17) is 4.74 Å². The fourth-order valence-corrected chi connectivity index (χ4v) is 3.73. The van der Waals surface area contributed by atoms with E-state index >= 15 is 0 Å². The maximum atomic E-state index is 9.66. The molecule has 0 atom stereocenters. The molecule has 0 saturated carbocycles. The van der Waals surface area contributed by atoms with Crippen molar-refractivity contribution < 1.29 is 4.74 Å². The maximum Gasteiger partial charge on any atom is 0.167 e. The molecule has 0 bridgehead atoms. The van der Waals surface area contributed by atoms with Gasteiger partial charge in [-0.15, -0.1) is 5.10 Å². The first-order chi connectivity index (χ1) is 13.2. The summed E-state index contributed by atoms with van der Waals surface area (Å²) >= 11 is 3.57. The van der Waals surface area contributed by atoms with Gasteiger partial charge in [0, 0.05) is 29.8 Å². The zero-order chi connectivity index (χ0) is 19.2. The van der Waals surface area contributed by atoms with E-state index in [1.165, 1.54) is 5.69 Å². The van der Waals surface area contributed by atoms with Gasteiger partial charge in [0.25, 0.3) is 0 Å². The highest BCUT2D eigenvalue weighted by Gasteiger charge is 2.17. The number of morpholine rings is 1. The molecular weight excluding hydrogens is 406 g/mol. The van der Waals surface area contributed by atoms with Gasteiger partial charge in [0.05, 0.1) is 18.9 Å². The Morgan fingerprint density at radius 3 is 2.67 bits per heavy atom. The first-order valence-corrected chi connectivity index (χ1v) is 10.1. The Labute approximate surface area is 168 Å². The predicted octanol–water partition coefficient (Wildman–Crippen LogP) is 3.68. The first kappa shape index (κ1) is 19.6. The molecule has 6 nitrogen and oxygen atoms in total. The van der Waals surface area contributed by atoms with E-state index in [-0.39, 0.29) is 0 Å². The second-order valence-electron chi connectivity index (χ2n) is 6.39. The van der Waals surface area contributed by atoms with E-state index in [9.17, 15) is 5.26 Å². The van der Waals surface area contributed by atoms with E-state index in [0.29, 0.717) is 17.9 Å². The summed E-state index contributed by atoms with van der Waals surface area (Å²) in [5.74, 6) is 0.558. The molecule has 1 aliphatic heterocycles.